The summed E-state index contributed by atoms with van der Waals surface area (Å²) in [4.78, 5) is 59.8. The number of carbonyl (C=O) groups is 4. The van der Waals surface area contributed by atoms with Crippen LogP contribution in [0.1, 0.15) is 42.9 Å². The molecule has 3 fully saturated rings. The number of fused-ring (bicyclic) bond motifs is 1. The van der Waals surface area contributed by atoms with E-state index < -0.39 is 72.0 Å². The van der Waals surface area contributed by atoms with Crippen LogP contribution in [-0.4, -0.2) is 77.2 Å². The number of aliphatic hydroxyl groups excluding tert-OH is 1. The fourth-order valence-corrected chi connectivity index (χ4v) is 8.19. The second-order valence-corrected chi connectivity index (χ2v) is 14.0. The Hall–Kier alpha value is -4.77. The highest BCUT2D eigenvalue weighted by atomic mass is 35.5. The SMILES string of the molecule is C=CCCC(=O)OC[C@H](NC(=O)[C@@H]1[C@@H]2CC[C@]3(O2)[C@H](C(=O)N(CC=C)c2ccc(Cl)cc2)N([C@@H](CO)Cc2ccccc2)C(=O)[C@@H]13)c1ccccc1. The second kappa shape index (κ2) is 16.3. The Balaban J connectivity index is 1.36. The third kappa shape index (κ3) is 7.28. The fraction of sp³-hybridized carbons (Fsp3) is 0.366. The van der Waals surface area contributed by atoms with Crippen molar-refractivity contribution in [2.45, 2.75) is 61.9 Å². The molecule has 0 aromatic heterocycles. The fourth-order valence-electron chi connectivity index (χ4n) is 8.06. The van der Waals surface area contributed by atoms with Crippen LogP contribution in [0, 0.1) is 11.8 Å². The molecule has 3 heterocycles. The summed E-state index contributed by atoms with van der Waals surface area (Å²) in [5.41, 5.74) is 0.838. The molecular formula is C41H44ClN3O7. The summed E-state index contributed by atoms with van der Waals surface area (Å²) >= 11 is 6.19. The first-order chi connectivity index (χ1) is 25.2. The van der Waals surface area contributed by atoms with Crippen molar-refractivity contribution < 1.29 is 33.8 Å². The van der Waals surface area contributed by atoms with E-state index in [0.717, 1.165) is 11.1 Å². The number of aliphatic hydroxyl groups is 1. The highest BCUT2D eigenvalue weighted by molar-refractivity contribution is 6.30. The molecule has 3 aromatic carbocycles. The van der Waals surface area contributed by atoms with E-state index in [0.29, 0.717) is 30.0 Å². The van der Waals surface area contributed by atoms with E-state index in [4.69, 9.17) is 21.1 Å². The van der Waals surface area contributed by atoms with E-state index >= 15 is 0 Å². The van der Waals surface area contributed by atoms with E-state index in [1.165, 1.54) is 4.90 Å². The molecule has 0 aliphatic carbocycles. The first-order valence-electron chi connectivity index (χ1n) is 17.7. The molecule has 3 saturated heterocycles. The largest absolute Gasteiger partial charge is 0.463 e. The van der Waals surface area contributed by atoms with Crippen molar-refractivity contribution in [1.82, 2.24) is 10.2 Å². The van der Waals surface area contributed by atoms with Crippen LogP contribution in [0.3, 0.4) is 0 Å². The Morgan fingerprint density at radius 1 is 1.04 bits per heavy atom. The molecule has 2 N–H and O–H groups in total. The maximum absolute atomic E-state index is 15.0. The number of halogens is 1. The summed E-state index contributed by atoms with van der Waals surface area (Å²) in [6, 6.07) is 22.8. The van der Waals surface area contributed by atoms with E-state index in [-0.39, 0.29) is 26.0 Å². The molecule has 0 saturated carbocycles. The summed E-state index contributed by atoms with van der Waals surface area (Å²) in [5.74, 6) is -3.59. The number of anilines is 1. The Labute approximate surface area is 309 Å². The van der Waals surface area contributed by atoms with Gasteiger partial charge in [0, 0.05) is 23.7 Å². The van der Waals surface area contributed by atoms with Crippen LogP contribution in [0.2, 0.25) is 5.02 Å². The van der Waals surface area contributed by atoms with Crippen molar-refractivity contribution in [2.24, 2.45) is 11.8 Å². The smallest absolute Gasteiger partial charge is 0.306 e. The van der Waals surface area contributed by atoms with Gasteiger partial charge in [-0.05, 0) is 61.1 Å². The van der Waals surface area contributed by atoms with Crippen LogP contribution in [0.15, 0.2) is 110 Å². The number of allylic oxidation sites excluding steroid dienone is 1. The monoisotopic (exact) mass is 725 g/mol. The molecule has 272 valence electrons. The van der Waals surface area contributed by atoms with Gasteiger partial charge in [0.1, 0.15) is 18.2 Å². The van der Waals surface area contributed by atoms with Gasteiger partial charge in [0.05, 0.1) is 36.6 Å². The summed E-state index contributed by atoms with van der Waals surface area (Å²) in [7, 11) is 0. The van der Waals surface area contributed by atoms with E-state index in [9.17, 15) is 24.3 Å². The van der Waals surface area contributed by atoms with Gasteiger partial charge < -0.3 is 29.7 Å². The van der Waals surface area contributed by atoms with Gasteiger partial charge >= 0.3 is 5.97 Å². The summed E-state index contributed by atoms with van der Waals surface area (Å²) in [6.07, 6.45) is 4.36. The van der Waals surface area contributed by atoms with Crippen LogP contribution in [0.25, 0.3) is 0 Å². The normalized spacial score (nSPS) is 24.1. The quantitative estimate of drug-likeness (QED) is 0.154. The van der Waals surface area contributed by atoms with Gasteiger partial charge in [-0.3, -0.25) is 19.2 Å². The lowest BCUT2D eigenvalue weighted by Gasteiger charge is -2.39. The van der Waals surface area contributed by atoms with E-state index in [1.807, 2.05) is 60.7 Å². The minimum absolute atomic E-state index is 0.109. The van der Waals surface area contributed by atoms with Crippen molar-refractivity contribution in [3.8, 4) is 0 Å². The molecule has 3 amide bonds. The molecule has 7 atom stereocenters. The third-order valence-corrected chi connectivity index (χ3v) is 10.6. The number of nitrogens with one attached hydrogen (secondary N) is 1. The molecule has 11 heteroatoms. The minimum Gasteiger partial charge on any atom is -0.463 e. The standard InChI is InChI=1S/C41H44ClN3O7/c1-3-5-16-34(47)51-26-32(28-14-10-7-11-15-28)43-38(48)35-33-21-22-41(52-33)36(35)39(49)45(31(25-46)24-27-12-8-6-9-13-27)37(41)40(50)44(23-4-2)30-19-17-29(42)18-20-30/h3-4,6-15,17-20,31-33,35-37,46H,1-2,5,16,21-26H2,(H,43,48)/t31-,32+,33+,35-,36-,37+,41-/m1/s1. The number of ether oxygens (including phenoxy) is 2. The van der Waals surface area contributed by atoms with E-state index in [1.54, 1.807) is 41.3 Å². The molecule has 2 bridgehead atoms. The number of rotatable bonds is 16. The number of esters is 1. The highest BCUT2D eigenvalue weighted by Gasteiger charge is 2.75. The molecule has 1 spiro atoms. The molecule has 3 aromatic rings. The number of hydrogen-bond donors (Lipinski definition) is 2. The first-order valence-corrected chi connectivity index (χ1v) is 18.0. The molecule has 3 aliphatic rings. The van der Waals surface area contributed by atoms with Gasteiger partial charge in [0.2, 0.25) is 11.8 Å². The second-order valence-electron chi connectivity index (χ2n) is 13.5. The number of hydrogen-bond acceptors (Lipinski definition) is 7. The Bertz CT molecular complexity index is 1770. The maximum Gasteiger partial charge on any atom is 0.306 e. The lowest BCUT2D eigenvalue weighted by atomic mass is 9.70. The zero-order valence-corrected chi connectivity index (χ0v) is 29.7. The topological polar surface area (TPSA) is 125 Å². The molecule has 3 aliphatic heterocycles. The van der Waals surface area contributed by atoms with Crippen molar-refractivity contribution in [1.29, 1.82) is 0 Å². The molecular weight excluding hydrogens is 682 g/mol. The Morgan fingerprint density at radius 3 is 2.38 bits per heavy atom. The minimum atomic E-state index is -1.32. The van der Waals surface area contributed by atoms with Gasteiger partial charge in [0.25, 0.3) is 5.91 Å². The molecule has 0 unspecified atom stereocenters. The molecule has 10 nitrogen and oxygen atoms in total. The number of amides is 3. The van der Waals surface area contributed by atoms with Gasteiger partial charge in [-0.15, -0.1) is 13.2 Å². The van der Waals surface area contributed by atoms with Crippen LogP contribution in [0.5, 0.6) is 0 Å². The number of benzene rings is 3. The maximum atomic E-state index is 15.0. The van der Waals surface area contributed by atoms with Crippen LogP contribution in [-0.2, 0) is 35.1 Å². The average Bonchev–Trinajstić information content (AvgIpc) is 3.82. The number of nitrogens with zero attached hydrogens (tertiary/aromatic N) is 2. The Kier molecular flexibility index (Phi) is 11.6. The Morgan fingerprint density at radius 2 is 1.73 bits per heavy atom. The summed E-state index contributed by atoms with van der Waals surface area (Å²) in [5, 5.41) is 14.4. The predicted molar refractivity (Wildman–Crippen MR) is 197 cm³/mol. The first kappa shape index (κ1) is 37.0. The lowest BCUT2D eigenvalue weighted by molar-refractivity contribution is -0.146. The van der Waals surface area contributed by atoms with Crippen molar-refractivity contribution >= 4 is 41.0 Å². The van der Waals surface area contributed by atoms with Gasteiger partial charge in [0.15, 0.2) is 0 Å². The summed E-state index contributed by atoms with van der Waals surface area (Å²) < 4.78 is 12.3. The third-order valence-electron chi connectivity index (χ3n) is 10.4. The van der Waals surface area contributed by atoms with Crippen molar-refractivity contribution in [3.05, 3.63) is 126 Å². The van der Waals surface area contributed by atoms with Crippen LogP contribution < -0.4 is 10.2 Å². The van der Waals surface area contributed by atoms with Crippen molar-refractivity contribution in [3.63, 3.8) is 0 Å². The molecule has 0 radical (unpaired) electrons. The van der Waals surface area contributed by atoms with Gasteiger partial charge in [-0.1, -0.05) is 84.4 Å². The zero-order valence-electron chi connectivity index (χ0n) is 28.9. The lowest BCUT2D eigenvalue weighted by Crippen LogP contribution is -2.59. The van der Waals surface area contributed by atoms with Gasteiger partial charge in [-0.25, -0.2) is 0 Å². The molecule has 52 heavy (non-hydrogen) atoms. The molecule has 6 rings (SSSR count). The number of likely N-dealkylation sites (tertiary alicyclic amines) is 1. The number of carbonyl (C=O) groups excluding carboxylic acids is 4. The predicted octanol–water partition coefficient (Wildman–Crippen LogP) is 5.20. The van der Waals surface area contributed by atoms with Crippen LogP contribution in [0.4, 0.5) is 5.69 Å². The van der Waals surface area contributed by atoms with Gasteiger partial charge in [-0.2, -0.15) is 0 Å². The van der Waals surface area contributed by atoms with E-state index in [2.05, 4.69) is 18.5 Å². The van der Waals surface area contributed by atoms with Crippen molar-refractivity contribution in [2.75, 3.05) is 24.7 Å². The average molecular weight is 726 g/mol. The summed E-state index contributed by atoms with van der Waals surface area (Å²) in [6.45, 7) is 7.14. The highest BCUT2D eigenvalue weighted by Crippen LogP contribution is 2.59. The van der Waals surface area contributed by atoms with Crippen LogP contribution >= 0.6 is 11.6 Å². The zero-order chi connectivity index (χ0) is 36.8.